The van der Waals surface area contributed by atoms with Gasteiger partial charge in [-0.1, -0.05) is 23.7 Å². The van der Waals surface area contributed by atoms with Gasteiger partial charge >= 0.3 is 5.97 Å². The molecule has 8 nitrogen and oxygen atoms in total. The number of aromatic nitrogens is 2. The maximum Gasteiger partial charge on any atom is 0.305 e. The lowest BCUT2D eigenvalue weighted by molar-refractivity contribution is -0.137. The second-order valence-electron chi connectivity index (χ2n) is 6.26. The van der Waals surface area contributed by atoms with Crippen LogP contribution >= 0.6 is 11.6 Å². The Labute approximate surface area is 175 Å². The molecular formula is C20H17ClFN3O5. The zero-order valence-corrected chi connectivity index (χ0v) is 16.4. The van der Waals surface area contributed by atoms with Crippen molar-refractivity contribution in [3.63, 3.8) is 0 Å². The minimum absolute atomic E-state index is 0.156. The highest BCUT2D eigenvalue weighted by molar-refractivity contribution is 6.32. The quantitative estimate of drug-likeness (QED) is 0.526. The summed E-state index contributed by atoms with van der Waals surface area (Å²) >= 11 is 6.10. The number of amides is 1. The largest absolute Gasteiger partial charge is 0.496 e. The number of aliphatic carboxylic acids is 1. The van der Waals surface area contributed by atoms with Gasteiger partial charge < -0.3 is 20.3 Å². The highest BCUT2D eigenvalue weighted by Crippen LogP contribution is 2.29. The Kier molecular flexibility index (Phi) is 6.22. The van der Waals surface area contributed by atoms with E-state index in [9.17, 15) is 24.2 Å². The third kappa shape index (κ3) is 4.52. The van der Waals surface area contributed by atoms with Gasteiger partial charge in [-0.15, -0.1) is 0 Å². The van der Waals surface area contributed by atoms with Crippen LogP contribution in [0.1, 0.15) is 28.5 Å². The Morgan fingerprint density at radius 2 is 2.00 bits per heavy atom. The highest BCUT2D eigenvalue weighted by Gasteiger charge is 2.25. The molecule has 0 aliphatic rings. The molecule has 1 heterocycles. The van der Waals surface area contributed by atoms with Crippen LogP contribution in [0.5, 0.6) is 11.6 Å². The molecule has 0 aliphatic heterocycles. The number of ether oxygens (including phenoxy) is 1. The Morgan fingerprint density at radius 1 is 1.27 bits per heavy atom. The number of para-hydroxylation sites is 1. The number of carboxylic acids is 1. The van der Waals surface area contributed by atoms with Gasteiger partial charge in [-0.3, -0.25) is 9.59 Å². The van der Waals surface area contributed by atoms with Crippen molar-refractivity contribution in [3.05, 3.63) is 70.6 Å². The lowest BCUT2D eigenvalue weighted by Gasteiger charge is -2.19. The van der Waals surface area contributed by atoms with Crippen LogP contribution in [0.25, 0.3) is 5.69 Å². The molecule has 1 amide bonds. The van der Waals surface area contributed by atoms with E-state index in [0.29, 0.717) is 10.7 Å². The molecule has 0 bridgehead atoms. The SMILES string of the molecule is COc1ccc(F)cc1C(CC(=O)O)NC(=O)c1cc(O)n(-c2ccccc2Cl)n1. The number of hydrogen-bond acceptors (Lipinski definition) is 5. The van der Waals surface area contributed by atoms with Gasteiger partial charge in [0.15, 0.2) is 5.69 Å². The van der Waals surface area contributed by atoms with Gasteiger partial charge in [-0.25, -0.2) is 4.39 Å². The highest BCUT2D eigenvalue weighted by atomic mass is 35.5. The van der Waals surface area contributed by atoms with Gasteiger partial charge in [-0.05, 0) is 30.3 Å². The van der Waals surface area contributed by atoms with Crippen LogP contribution in [-0.2, 0) is 4.79 Å². The topological polar surface area (TPSA) is 114 Å². The maximum atomic E-state index is 13.7. The Balaban J connectivity index is 1.92. The number of benzene rings is 2. The maximum absolute atomic E-state index is 13.7. The van der Waals surface area contributed by atoms with Crippen molar-refractivity contribution in [2.24, 2.45) is 0 Å². The summed E-state index contributed by atoms with van der Waals surface area (Å²) < 4.78 is 20.0. The van der Waals surface area contributed by atoms with Crippen LogP contribution in [0.3, 0.4) is 0 Å². The van der Waals surface area contributed by atoms with Crippen LogP contribution in [0.15, 0.2) is 48.5 Å². The number of aromatic hydroxyl groups is 1. The summed E-state index contributed by atoms with van der Waals surface area (Å²) in [6.07, 6.45) is -0.525. The summed E-state index contributed by atoms with van der Waals surface area (Å²) in [5.41, 5.74) is 0.325. The van der Waals surface area contributed by atoms with E-state index in [4.69, 9.17) is 16.3 Å². The zero-order chi connectivity index (χ0) is 21.8. The number of carbonyl (C=O) groups excluding carboxylic acids is 1. The van der Waals surface area contributed by atoms with Gasteiger partial charge in [0.25, 0.3) is 5.91 Å². The summed E-state index contributed by atoms with van der Waals surface area (Å²) in [7, 11) is 1.35. The van der Waals surface area contributed by atoms with Gasteiger partial charge in [0, 0.05) is 11.6 Å². The molecule has 1 atom stereocenters. The monoisotopic (exact) mass is 433 g/mol. The zero-order valence-electron chi connectivity index (χ0n) is 15.7. The number of carbonyl (C=O) groups is 2. The van der Waals surface area contributed by atoms with Crippen molar-refractivity contribution >= 4 is 23.5 Å². The van der Waals surface area contributed by atoms with Gasteiger partial charge in [-0.2, -0.15) is 9.78 Å². The molecule has 30 heavy (non-hydrogen) atoms. The molecule has 3 N–H and O–H groups in total. The normalized spacial score (nSPS) is 11.7. The van der Waals surface area contributed by atoms with Crippen molar-refractivity contribution in [3.8, 4) is 17.3 Å². The summed E-state index contributed by atoms with van der Waals surface area (Å²) in [6, 6.07) is 10.2. The first-order valence-corrected chi connectivity index (χ1v) is 9.08. The Bertz CT molecular complexity index is 1100. The minimum atomic E-state index is -1.21. The van der Waals surface area contributed by atoms with Crippen molar-refractivity contribution in [2.75, 3.05) is 7.11 Å². The van der Waals surface area contributed by atoms with Crippen LogP contribution in [0, 0.1) is 5.82 Å². The molecule has 1 aromatic heterocycles. The number of rotatable bonds is 7. The van der Waals surface area contributed by atoms with E-state index in [-0.39, 0.29) is 22.9 Å². The van der Waals surface area contributed by atoms with E-state index < -0.39 is 30.2 Å². The lowest BCUT2D eigenvalue weighted by atomic mass is 10.0. The smallest absolute Gasteiger partial charge is 0.305 e. The second kappa shape index (κ2) is 8.83. The van der Waals surface area contributed by atoms with Crippen LogP contribution in [0.4, 0.5) is 4.39 Å². The second-order valence-corrected chi connectivity index (χ2v) is 6.67. The summed E-state index contributed by atoms with van der Waals surface area (Å²) in [5.74, 6) is -2.72. The molecule has 10 heteroatoms. The molecule has 0 saturated heterocycles. The number of carboxylic acid groups (broad SMARTS) is 1. The van der Waals surface area contributed by atoms with Crippen LogP contribution in [-0.4, -0.2) is 39.0 Å². The van der Waals surface area contributed by atoms with E-state index in [1.807, 2.05) is 0 Å². The number of nitrogens with one attached hydrogen (secondary N) is 1. The van der Waals surface area contributed by atoms with E-state index in [1.54, 1.807) is 24.3 Å². The van der Waals surface area contributed by atoms with Gasteiger partial charge in [0.1, 0.15) is 11.6 Å². The molecule has 156 valence electrons. The van der Waals surface area contributed by atoms with E-state index in [0.717, 1.165) is 22.9 Å². The molecule has 3 aromatic rings. The molecule has 3 rings (SSSR count). The predicted molar refractivity (Wildman–Crippen MR) is 106 cm³/mol. The lowest BCUT2D eigenvalue weighted by Crippen LogP contribution is -2.31. The number of hydrogen-bond donors (Lipinski definition) is 3. The number of nitrogens with zero attached hydrogens (tertiary/aromatic N) is 2. The first kappa shape index (κ1) is 21.1. The van der Waals surface area contributed by atoms with Crippen LogP contribution in [0.2, 0.25) is 5.02 Å². The van der Waals surface area contributed by atoms with E-state index in [2.05, 4.69) is 10.4 Å². The summed E-state index contributed by atoms with van der Waals surface area (Å²) in [5, 5.41) is 26.2. The van der Waals surface area contributed by atoms with E-state index >= 15 is 0 Å². The summed E-state index contributed by atoms with van der Waals surface area (Å²) in [6.45, 7) is 0. The fourth-order valence-electron chi connectivity index (χ4n) is 2.91. The van der Waals surface area contributed by atoms with Crippen molar-refractivity contribution in [1.82, 2.24) is 15.1 Å². The van der Waals surface area contributed by atoms with Crippen LogP contribution < -0.4 is 10.1 Å². The number of halogens is 2. The molecule has 0 spiro atoms. The molecule has 0 saturated carbocycles. The van der Waals surface area contributed by atoms with Gasteiger partial charge in [0.05, 0.1) is 30.3 Å². The van der Waals surface area contributed by atoms with Gasteiger partial charge in [0.2, 0.25) is 5.88 Å². The first-order valence-electron chi connectivity index (χ1n) is 8.70. The average molecular weight is 434 g/mol. The third-order valence-electron chi connectivity index (χ3n) is 4.26. The Hall–Kier alpha value is -3.59. The molecule has 0 fully saturated rings. The standard InChI is InChI=1S/C20H17ClFN3O5/c1-30-17-7-6-11(22)8-12(17)14(10-19(27)28)23-20(29)15-9-18(26)25(24-15)16-5-3-2-4-13(16)21/h2-9,14,26H,10H2,1H3,(H,23,29)(H,27,28). The molecule has 0 radical (unpaired) electrons. The Morgan fingerprint density at radius 3 is 2.67 bits per heavy atom. The number of methoxy groups -OCH3 is 1. The van der Waals surface area contributed by atoms with Crippen molar-refractivity contribution in [1.29, 1.82) is 0 Å². The average Bonchev–Trinajstić information content (AvgIpc) is 3.09. The molecular weight excluding hydrogens is 417 g/mol. The minimum Gasteiger partial charge on any atom is -0.496 e. The fourth-order valence-corrected chi connectivity index (χ4v) is 3.12. The van der Waals surface area contributed by atoms with Crippen molar-refractivity contribution < 1.29 is 28.9 Å². The molecule has 0 aliphatic carbocycles. The third-order valence-corrected chi connectivity index (χ3v) is 4.57. The predicted octanol–water partition coefficient (Wildman–Crippen LogP) is 3.32. The fraction of sp³-hybridized carbons (Fsp3) is 0.150. The molecule has 1 unspecified atom stereocenters. The van der Waals surface area contributed by atoms with Crippen molar-refractivity contribution in [2.45, 2.75) is 12.5 Å². The van der Waals surface area contributed by atoms with E-state index in [1.165, 1.54) is 13.2 Å². The summed E-state index contributed by atoms with van der Waals surface area (Å²) in [4.78, 5) is 24.0. The first-order chi connectivity index (χ1) is 14.3. The molecule has 2 aromatic carbocycles.